The number of likely N-dealkylation sites (N-methyl/N-ethyl adjacent to an activating group) is 1. The number of H-pyrrole nitrogens is 1. The molecule has 2 aromatic heterocycles. The van der Waals surface area contributed by atoms with Crippen molar-refractivity contribution in [3.05, 3.63) is 60.3 Å². The van der Waals surface area contributed by atoms with Crippen LogP contribution in [0.15, 0.2) is 54.7 Å². The minimum atomic E-state index is -0.592. The van der Waals surface area contributed by atoms with E-state index in [1.54, 1.807) is 6.20 Å². The average molecular weight is 388 g/mol. The Morgan fingerprint density at radius 1 is 1.07 bits per heavy atom. The summed E-state index contributed by atoms with van der Waals surface area (Å²) in [6, 6.07) is 16.1. The van der Waals surface area contributed by atoms with Crippen LogP contribution in [0.5, 0.6) is 0 Å². The van der Waals surface area contributed by atoms with Gasteiger partial charge in [0, 0.05) is 43.6 Å². The summed E-state index contributed by atoms with van der Waals surface area (Å²) in [6.45, 7) is 3.68. The molecule has 0 amide bonds. The van der Waals surface area contributed by atoms with Crippen molar-refractivity contribution in [2.75, 3.05) is 38.5 Å². The van der Waals surface area contributed by atoms with E-state index in [-0.39, 0.29) is 0 Å². The molecule has 0 radical (unpaired) electrons. The van der Waals surface area contributed by atoms with Crippen LogP contribution >= 0.6 is 0 Å². The molecule has 1 unspecified atom stereocenters. The molecule has 4 aromatic rings. The minimum Gasteiger partial charge on any atom is -0.374 e. The number of fused-ring (bicyclic) bond motifs is 2. The summed E-state index contributed by atoms with van der Waals surface area (Å²) in [5.74, 6) is 0.702. The van der Waals surface area contributed by atoms with Crippen LogP contribution in [0.3, 0.4) is 0 Å². The van der Waals surface area contributed by atoms with Crippen LogP contribution in [0.25, 0.3) is 21.8 Å². The number of hydrogen-bond donors (Lipinski definition) is 3. The Kier molecular flexibility index (Phi) is 4.63. The fraction of sp³-hybridized carbons (Fsp3) is 0.273. The van der Waals surface area contributed by atoms with E-state index < -0.39 is 6.23 Å². The molecule has 148 valence electrons. The van der Waals surface area contributed by atoms with Crippen molar-refractivity contribution in [2.24, 2.45) is 0 Å². The summed E-state index contributed by atoms with van der Waals surface area (Å²) >= 11 is 0. The van der Waals surface area contributed by atoms with Gasteiger partial charge in [0.1, 0.15) is 11.7 Å². The van der Waals surface area contributed by atoms with Crippen LogP contribution in [-0.4, -0.2) is 63.3 Å². The number of rotatable bonds is 4. The predicted octanol–water partition coefficient (Wildman–Crippen LogP) is 3.09. The number of aliphatic hydroxyl groups is 1. The number of pyridine rings is 1. The smallest absolute Gasteiger partial charge is 0.178 e. The third-order valence-electron chi connectivity index (χ3n) is 5.66. The number of aromatic nitrogens is 3. The lowest BCUT2D eigenvalue weighted by Gasteiger charge is -2.35. The summed E-state index contributed by atoms with van der Waals surface area (Å²) < 4.78 is 0. The van der Waals surface area contributed by atoms with Crippen molar-refractivity contribution < 1.29 is 5.11 Å². The molecule has 0 aliphatic carbocycles. The van der Waals surface area contributed by atoms with E-state index >= 15 is 0 Å². The molecule has 1 saturated heterocycles. The Morgan fingerprint density at radius 2 is 1.93 bits per heavy atom. The summed E-state index contributed by atoms with van der Waals surface area (Å²) in [4.78, 5) is 8.83. The Hall–Kier alpha value is -3.00. The average Bonchev–Trinajstić information content (AvgIpc) is 3.16. The van der Waals surface area contributed by atoms with Gasteiger partial charge in [0.2, 0.25) is 0 Å². The fourth-order valence-corrected chi connectivity index (χ4v) is 3.95. The van der Waals surface area contributed by atoms with Crippen LogP contribution < -0.4 is 5.32 Å². The summed E-state index contributed by atoms with van der Waals surface area (Å²) in [5.41, 5.74) is 3.59. The van der Waals surface area contributed by atoms with Crippen LogP contribution in [0.1, 0.15) is 11.8 Å². The second-order valence-corrected chi connectivity index (χ2v) is 7.59. The molecule has 7 heteroatoms. The SMILES string of the molecule is CN1CCN(C(O)c2cccc3cc(Nc4n[nH]c5cccnc45)ccc23)CC1. The summed E-state index contributed by atoms with van der Waals surface area (Å²) in [6.07, 6.45) is 1.17. The van der Waals surface area contributed by atoms with Gasteiger partial charge in [-0.2, -0.15) is 5.10 Å². The Balaban J connectivity index is 1.44. The lowest BCUT2D eigenvalue weighted by molar-refractivity contribution is -0.0222. The van der Waals surface area contributed by atoms with Crippen LogP contribution in [0.4, 0.5) is 11.5 Å². The van der Waals surface area contributed by atoms with Crippen LogP contribution in [0, 0.1) is 0 Å². The van der Waals surface area contributed by atoms with Gasteiger partial charge >= 0.3 is 0 Å². The number of anilines is 2. The highest BCUT2D eigenvalue weighted by Crippen LogP contribution is 2.30. The molecule has 3 N–H and O–H groups in total. The van der Waals surface area contributed by atoms with Crippen LogP contribution in [-0.2, 0) is 0 Å². The molecule has 5 rings (SSSR count). The van der Waals surface area contributed by atoms with E-state index in [0.29, 0.717) is 5.82 Å². The number of benzene rings is 2. The van der Waals surface area contributed by atoms with Crippen molar-refractivity contribution in [3.8, 4) is 0 Å². The van der Waals surface area contributed by atoms with Gasteiger partial charge in [-0.1, -0.05) is 24.3 Å². The number of aliphatic hydroxyl groups excluding tert-OH is 1. The second-order valence-electron chi connectivity index (χ2n) is 7.59. The molecule has 1 atom stereocenters. The van der Waals surface area contributed by atoms with Gasteiger partial charge < -0.3 is 15.3 Å². The van der Waals surface area contributed by atoms with Crippen molar-refractivity contribution in [1.82, 2.24) is 25.0 Å². The highest BCUT2D eigenvalue weighted by atomic mass is 16.3. The third-order valence-corrected chi connectivity index (χ3v) is 5.66. The van der Waals surface area contributed by atoms with E-state index in [0.717, 1.165) is 59.2 Å². The first-order valence-electron chi connectivity index (χ1n) is 9.88. The molecule has 7 nitrogen and oxygen atoms in total. The molecular weight excluding hydrogens is 364 g/mol. The maximum Gasteiger partial charge on any atom is 0.178 e. The standard InChI is InChI=1S/C22H24N6O/c1-27-10-12-28(13-11-27)22(29)18-5-2-4-15-14-16(7-8-17(15)18)24-21-20-19(25-26-21)6-3-9-23-20/h2-9,14,22,29H,10-13H2,1H3,(H2,24,25,26). The normalized spacial score (nSPS) is 17.0. The van der Waals surface area contributed by atoms with Crippen molar-refractivity contribution in [3.63, 3.8) is 0 Å². The zero-order valence-electron chi connectivity index (χ0n) is 16.3. The van der Waals surface area contributed by atoms with Crippen molar-refractivity contribution >= 4 is 33.3 Å². The number of nitrogens with zero attached hydrogens (tertiary/aromatic N) is 4. The summed E-state index contributed by atoms with van der Waals surface area (Å²) in [7, 11) is 2.12. The number of piperazine rings is 1. The van der Waals surface area contributed by atoms with Gasteiger partial charge in [0.15, 0.2) is 5.82 Å². The number of nitrogens with one attached hydrogen (secondary N) is 2. The lowest BCUT2D eigenvalue weighted by Crippen LogP contribution is -2.45. The molecule has 1 fully saturated rings. The Morgan fingerprint density at radius 3 is 2.79 bits per heavy atom. The zero-order chi connectivity index (χ0) is 19.8. The fourth-order valence-electron chi connectivity index (χ4n) is 3.95. The van der Waals surface area contributed by atoms with Crippen LogP contribution in [0.2, 0.25) is 0 Å². The van der Waals surface area contributed by atoms with Gasteiger partial charge in [-0.25, -0.2) is 0 Å². The molecule has 0 saturated carbocycles. The largest absolute Gasteiger partial charge is 0.374 e. The first-order chi connectivity index (χ1) is 14.2. The summed E-state index contributed by atoms with van der Waals surface area (Å²) in [5, 5.41) is 23.8. The molecule has 1 aliphatic heterocycles. The van der Waals surface area contributed by atoms with E-state index in [1.807, 2.05) is 30.3 Å². The second kappa shape index (κ2) is 7.44. The molecule has 29 heavy (non-hydrogen) atoms. The Labute approximate surface area is 169 Å². The zero-order valence-corrected chi connectivity index (χ0v) is 16.3. The third kappa shape index (κ3) is 3.44. The van der Waals surface area contributed by atoms with Crippen molar-refractivity contribution in [1.29, 1.82) is 0 Å². The van der Waals surface area contributed by atoms with Gasteiger partial charge in [-0.05, 0) is 42.1 Å². The van der Waals surface area contributed by atoms with E-state index in [4.69, 9.17) is 0 Å². The first-order valence-corrected chi connectivity index (χ1v) is 9.88. The number of hydrogen-bond acceptors (Lipinski definition) is 6. The highest BCUT2D eigenvalue weighted by Gasteiger charge is 2.23. The quantitative estimate of drug-likeness (QED) is 0.499. The maximum atomic E-state index is 11.0. The monoisotopic (exact) mass is 388 g/mol. The predicted molar refractivity (Wildman–Crippen MR) is 115 cm³/mol. The van der Waals surface area contributed by atoms with E-state index in [9.17, 15) is 5.11 Å². The molecular formula is C22H24N6O. The topological polar surface area (TPSA) is 80.3 Å². The maximum absolute atomic E-state index is 11.0. The van der Waals surface area contributed by atoms with Gasteiger partial charge in [0.25, 0.3) is 0 Å². The highest BCUT2D eigenvalue weighted by molar-refractivity contribution is 5.92. The molecule has 0 spiro atoms. The molecule has 1 aliphatic rings. The molecule has 2 aromatic carbocycles. The van der Waals surface area contributed by atoms with Gasteiger partial charge in [-0.15, -0.1) is 0 Å². The number of aromatic amines is 1. The molecule has 0 bridgehead atoms. The molecule has 3 heterocycles. The van der Waals surface area contributed by atoms with E-state index in [2.05, 4.69) is 55.5 Å². The minimum absolute atomic E-state index is 0.592. The van der Waals surface area contributed by atoms with Gasteiger partial charge in [0.05, 0.1) is 5.52 Å². The first kappa shape index (κ1) is 18.1. The van der Waals surface area contributed by atoms with E-state index in [1.165, 1.54) is 0 Å². The lowest BCUT2D eigenvalue weighted by atomic mass is 10.0. The van der Waals surface area contributed by atoms with Crippen molar-refractivity contribution in [2.45, 2.75) is 6.23 Å². The van der Waals surface area contributed by atoms with Gasteiger partial charge in [-0.3, -0.25) is 15.0 Å². The Bertz CT molecular complexity index is 1150.